The van der Waals surface area contributed by atoms with Crippen molar-refractivity contribution >= 4 is 16.8 Å². The number of pyridine rings is 1. The molecule has 20 heavy (non-hydrogen) atoms. The molecule has 0 atom stereocenters. The normalized spacial score (nSPS) is 11.6. The van der Waals surface area contributed by atoms with Crippen molar-refractivity contribution in [3.8, 4) is 16.9 Å². The zero-order chi connectivity index (χ0) is 13.9. The van der Waals surface area contributed by atoms with E-state index in [1.807, 2.05) is 0 Å². The zero-order valence-electron chi connectivity index (χ0n) is 10.1. The maximum atomic E-state index is 11.5. The Morgan fingerprint density at radius 3 is 2.95 bits per heavy atom. The second-order valence-corrected chi connectivity index (χ2v) is 4.46. The second-order valence-electron chi connectivity index (χ2n) is 4.46. The second kappa shape index (κ2) is 3.47. The highest BCUT2D eigenvalue weighted by molar-refractivity contribution is 5.87. The van der Waals surface area contributed by atoms with Crippen LogP contribution in [0, 0.1) is 0 Å². The Bertz CT molecular complexity index is 1000. The molecule has 0 unspecified atom stereocenters. The van der Waals surface area contributed by atoms with Crippen molar-refractivity contribution in [2.45, 2.75) is 0 Å². The lowest BCUT2D eigenvalue weighted by atomic mass is 10.1. The van der Waals surface area contributed by atoms with E-state index < -0.39 is 5.43 Å². The number of hydrogen-bond donors (Lipinski definition) is 2. The van der Waals surface area contributed by atoms with Gasteiger partial charge in [0.1, 0.15) is 11.8 Å². The number of hydrogen-bond acceptors (Lipinski definition) is 5. The number of benzene rings is 1. The lowest BCUT2D eigenvalue weighted by Gasteiger charge is -2.08. The highest BCUT2D eigenvalue weighted by Gasteiger charge is 2.17. The SMILES string of the molecule is O=c1cc2ccn3c4ncncc4n(O)c3c-2cc1O. The number of aromatic nitrogens is 4. The fourth-order valence-corrected chi connectivity index (χ4v) is 2.42. The number of imidazole rings is 1. The largest absolute Gasteiger partial charge is 0.504 e. The molecule has 2 aromatic rings. The highest BCUT2D eigenvalue weighted by atomic mass is 16.5. The van der Waals surface area contributed by atoms with Gasteiger partial charge < -0.3 is 10.3 Å². The molecule has 1 aliphatic heterocycles. The Labute approximate surface area is 111 Å². The minimum atomic E-state index is -0.456. The van der Waals surface area contributed by atoms with Crippen LogP contribution in [0.2, 0.25) is 0 Å². The summed E-state index contributed by atoms with van der Waals surface area (Å²) in [6.07, 6.45) is 4.58. The topological polar surface area (TPSA) is 92.7 Å². The van der Waals surface area contributed by atoms with Crippen LogP contribution in [-0.2, 0) is 0 Å². The zero-order valence-corrected chi connectivity index (χ0v) is 10.1. The van der Waals surface area contributed by atoms with Gasteiger partial charge in [-0.3, -0.25) is 9.20 Å². The fourth-order valence-electron chi connectivity index (χ4n) is 2.42. The van der Waals surface area contributed by atoms with Crippen LogP contribution in [-0.4, -0.2) is 29.4 Å². The van der Waals surface area contributed by atoms with Crippen LogP contribution in [0.15, 0.2) is 41.7 Å². The quantitative estimate of drug-likeness (QED) is 0.466. The predicted molar refractivity (Wildman–Crippen MR) is 70.2 cm³/mol. The lowest BCUT2D eigenvalue weighted by molar-refractivity contribution is 0.211. The molecular formula is C13H8N4O3. The van der Waals surface area contributed by atoms with E-state index >= 15 is 0 Å². The summed E-state index contributed by atoms with van der Waals surface area (Å²) in [4.78, 5) is 19.5. The molecule has 2 N–H and O–H groups in total. The van der Waals surface area contributed by atoms with E-state index in [0.717, 1.165) is 4.73 Å². The maximum absolute atomic E-state index is 11.5. The summed E-state index contributed by atoms with van der Waals surface area (Å²) in [5.74, 6) is -0.359. The summed E-state index contributed by atoms with van der Waals surface area (Å²) in [5, 5.41) is 19.9. The van der Waals surface area contributed by atoms with Crippen molar-refractivity contribution in [2.75, 3.05) is 0 Å². The van der Waals surface area contributed by atoms with Crippen LogP contribution < -0.4 is 5.43 Å². The Morgan fingerprint density at radius 1 is 1.25 bits per heavy atom. The van der Waals surface area contributed by atoms with Gasteiger partial charge >= 0.3 is 0 Å². The molecule has 4 rings (SSSR count). The van der Waals surface area contributed by atoms with Gasteiger partial charge in [0.2, 0.25) is 5.43 Å². The Balaban J connectivity index is 2.33. The van der Waals surface area contributed by atoms with Gasteiger partial charge in [-0.2, -0.15) is 4.73 Å². The molecule has 7 heteroatoms. The molecule has 0 saturated heterocycles. The third-order valence-electron chi connectivity index (χ3n) is 3.33. The van der Waals surface area contributed by atoms with E-state index in [4.69, 9.17) is 0 Å². The molecule has 0 saturated carbocycles. The van der Waals surface area contributed by atoms with Gasteiger partial charge in [-0.25, -0.2) is 9.97 Å². The summed E-state index contributed by atoms with van der Waals surface area (Å²) < 4.78 is 2.62. The van der Waals surface area contributed by atoms with Crippen molar-refractivity contribution in [3.05, 3.63) is 47.1 Å². The number of fused-ring (bicyclic) bond motifs is 5. The Hall–Kier alpha value is -3.09. The van der Waals surface area contributed by atoms with Gasteiger partial charge in [-0.1, -0.05) is 0 Å². The monoisotopic (exact) mass is 268 g/mol. The number of rotatable bonds is 0. The summed E-state index contributed by atoms with van der Waals surface area (Å²) in [6.45, 7) is 0. The van der Waals surface area contributed by atoms with Crippen LogP contribution in [0.3, 0.4) is 0 Å². The van der Waals surface area contributed by atoms with Gasteiger partial charge in [-0.05, 0) is 23.8 Å². The van der Waals surface area contributed by atoms with Crippen molar-refractivity contribution in [1.82, 2.24) is 19.1 Å². The van der Waals surface area contributed by atoms with E-state index in [9.17, 15) is 15.1 Å². The molecule has 0 aromatic carbocycles. The molecule has 0 radical (unpaired) electrons. The first-order chi connectivity index (χ1) is 9.66. The number of phenolic OH excluding ortho intramolecular Hbond substituents is 1. The summed E-state index contributed by atoms with van der Waals surface area (Å²) >= 11 is 0. The standard InChI is InChI=1S/C13H8N4O3/c18-10-3-7-1-2-16-12-9(5-14-6-15-12)17(20)13(16)8(7)4-11(10)19/h1-6,19-20H. The molecule has 1 aliphatic carbocycles. The molecule has 7 nitrogen and oxygen atoms in total. The van der Waals surface area contributed by atoms with Gasteiger partial charge in [0.05, 0.1) is 6.20 Å². The third-order valence-corrected chi connectivity index (χ3v) is 3.33. The van der Waals surface area contributed by atoms with E-state index in [-0.39, 0.29) is 5.75 Å². The molecule has 3 heterocycles. The molecular weight excluding hydrogens is 260 g/mol. The highest BCUT2D eigenvalue weighted by Crippen LogP contribution is 2.30. The summed E-state index contributed by atoms with van der Waals surface area (Å²) in [5.41, 5.74) is 2.09. The molecule has 0 fully saturated rings. The summed E-state index contributed by atoms with van der Waals surface area (Å²) in [7, 11) is 0. The van der Waals surface area contributed by atoms with Gasteiger partial charge in [0.25, 0.3) is 0 Å². The van der Waals surface area contributed by atoms with E-state index in [1.165, 1.54) is 24.7 Å². The first kappa shape index (κ1) is 10.8. The van der Waals surface area contributed by atoms with E-state index in [1.54, 1.807) is 16.7 Å². The average Bonchev–Trinajstić information content (AvgIpc) is 2.75. The summed E-state index contributed by atoms with van der Waals surface area (Å²) in [6, 6.07) is 4.39. The van der Waals surface area contributed by atoms with Crippen molar-refractivity contribution in [2.24, 2.45) is 0 Å². The van der Waals surface area contributed by atoms with Gasteiger partial charge in [-0.15, -0.1) is 0 Å². The van der Waals surface area contributed by atoms with Crippen LogP contribution in [0.1, 0.15) is 0 Å². The minimum Gasteiger partial charge on any atom is -0.504 e. The van der Waals surface area contributed by atoms with Crippen LogP contribution in [0.5, 0.6) is 5.75 Å². The molecule has 0 bridgehead atoms. The minimum absolute atomic E-state index is 0.359. The molecule has 2 aliphatic rings. The van der Waals surface area contributed by atoms with E-state index in [0.29, 0.717) is 27.9 Å². The van der Waals surface area contributed by atoms with Gasteiger partial charge in [0, 0.05) is 11.8 Å². The third kappa shape index (κ3) is 1.21. The predicted octanol–water partition coefficient (Wildman–Crippen LogP) is 1.09. The van der Waals surface area contributed by atoms with Crippen LogP contribution in [0.4, 0.5) is 0 Å². The first-order valence-electron chi connectivity index (χ1n) is 5.84. The van der Waals surface area contributed by atoms with Crippen LogP contribution in [0.25, 0.3) is 27.9 Å². The molecule has 2 aromatic heterocycles. The first-order valence-corrected chi connectivity index (χ1v) is 5.84. The number of nitrogens with zero attached hydrogens (tertiary/aromatic N) is 4. The smallest absolute Gasteiger partial charge is 0.220 e. The fraction of sp³-hybridized carbons (Fsp3) is 0. The van der Waals surface area contributed by atoms with Crippen molar-refractivity contribution in [1.29, 1.82) is 0 Å². The number of aromatic hydroxyl groups is 1. The Morgan fingerprint density at radius 2 is 2.10 bits per heavy atom. The van der Waals surface area contributed by atoms with Crippen molar-refractivity contribution < 1.29 is 10.3 Å². The lowest BCUT2D eigenvalue weighted by Crippen LogP contribution is -2.03. The average molecular weight is 268 g/mol. The Kier molecular flexibility index (Phi) is 1.88. The van der Waals surface area contributed by atoms with Gasteiger partial charge in [0.15, 0.2) is 17.0 Å². The number of phenols is 1. The van der Waals surface area contributed by atoms with E-state index in [2.05, 4.69) is 9.97 Å². The molecule has 0 amide bonds. The maximum Gasteiger partial charge on any atom is 0.220 e. The van der Waals surface area contributed by atoms with Crippen molar-refractivity contribution in [3.63, 3.8) is 0 Å². The molecule has 98 valence electrons. The van der Waals surface area contributed by atoms with Crippen LogP contribution >= 0.6 is 0 Å². The molecule has 0 spiro atoms.